The number of non-ortho nitro benzene ring substituents is 1. The molecule has 0 atom stereocenters. The van der Waals surface area contributed by atoms with Gasteiger partial charge in [0.15, 0.2) is 0 Å². The Morgan fingerprint density at radius 3 is 2.25 bits per heavy atom. The molecule has 0 aliphatic heterocycles. The number of nitro groups is 1. The van der Waals surface area contributed by atoms with Crippen LogP contribution in [0.4, 0.5) is 11.4 Å². The van der Waals surface area contributed by atoms with Crippen LogP contribution in [-0.2, 0) is 0 Å². The van der Waals surface area contributed by atoms with Crippen LogP contribution in [0, 0.1) is 10.1 Å². The first-order valence-corrected chi connectivity index (χ1v) is 5.56. The van der Waals surface area contributed by atoms with Crippen molar-refractivity contribution in [2.45, 2.75) is 32.1 Å². The van der Waals surface area contributed by atoms with Gasteiger partial charge < -0.3 is 0 Å². The summed E-state index contributed by atoms with van der Waals surface area (Å²) in [7, 11) is 0. The number of aliphatic imine (C=N–C) groups is 1. The van der Waals surface area contributed by atoms with E-state index in [1.165, 1.54) is 37.1 Å². The molecule has 0 aromatic heterocycles. The minimum Gasteiger partial charge on any atom is -0.258 e. The van der Waals surface area contributed by atoms with E-state index < -0.39 is 4.92 Å². The zero-order valence-electron chi connectivity index (χ0n) is 9.06. The van der Waals surface area contributed by atoms with Gasteiger partial charge in [0, 0.05) is 17.8 Å². The van der Waals surface area contributed by atoms with Crippen LogP contribution in [0.1, 0.15) is 32.1 Å². The van der Waals surface area contributed by atoms with Crippen LogP contribution in [0.25, 0.3) is 0 Å². The molecule has 1 aliphatic carbocycles. The second-order valence-corrected chi connectivity index (χ2v) is 4.01. The molecule has 1 fully saturated rings. The molecule has 0 heterocycles. The number of nitrogens with zero attached hydrogens (tertiary/aromatic N) is 2. The molecule has 0 spiro atoms. The predicted octanol–water partition coefficient (Wildman–Crippen LogP) is 3.63. The fourth-order valence-electron chi connectivity index (χ4n) is 1.90. The molecule has 1 aromatic rings. The average Bonchev–Trinajstić information content (AvgIpc) is 2.31. The Kier molecular flexibility index (Phi) is 3.29. The molecule has 1 aliphatic rings. The van der Waals surface area contributed by atoms with Crippen LogP contribution in [0.3, 0.4) is 0 Å². The minimum atomic E-state index is -0.391. The molecule has 4 nitrogen and oxygen atoms in total. The first-order chi connectivity index (χ1) is 7.75. The van der Waals surface area contributed by atoms with Crippen molar-refractivity contribution in [2.24, 2.45) is 4.99 Å². The van der Waals surface area contributed by atoms with Gasteiger partial charge in [-0.1, -0.05) is 6.42 Å². The first kappa shape index (κ1) is 10.8. The Bertz CT molecular complexity index is 402. The summed E-state index contributed by atoms with van der Waals surface area (Å²) in [5, 5.41) is 10.5. The molecule has 0 radical (unpaired) electrons. The van der Waals surface area contributed by atoms with Crippen molar-refractivity contribution in [2.75, 3.05) is 0 Å². The highest BCUT2D eigenvalue weighted by molar-refractivity contribution is 5.87. The molecule has 1 aromatic carbocycles. The molecule has 1 saturated carbocycles. The summed E-state index contributed by atoms with van der Waals surface area (Å²) in [5.74, 6) is 0. The monoisotopic (exact) mass is 218 g/mol. The number of nitro benzene ring substituents is 1. The van der Waals surface area contributed by atoms with Crippen LogP contribution in [0.15, 0.2) is 29.3 Å². The van der Waals surface area contributed by atoms with Crippen LogP contribution >= 0.6 is 0 Å². The van der Waals surface area contributed by atoms with E-state index in [1.54, 1.807) is 12.1 Å². The standard InChI is InChI=1S/C12H14N2O2/c15-14(16)12-8-6-11(7-9-12)13-10-4-2-1-3-5-10/h6-9H,1-5H2. The summed E-state index contributed by atoms with van der Waals surface area (Å²) >= 11 is 0. The van der Waals surface area contributed by atoms with Crippen molar-refractivity contribution < 1.29 is 4.92 Å². The Morgan fingerprint density at radius 1 is 1.06 bits per heavy atom. The molecule has 0 bridgehead atoms. The van der Waals surface area contributed by atoms with Gasteiger partial charge in [0.2, 0.25) is 0 Å². The van der Waals surface area contributed by atoms with Crippen LogP contribution in [-0.4, -0.2) is 10.6 Å². The lowest BCUT2D eigenvalue weighted by atomic mass is 9.98. The summed E-state index contributed by atoms with van der Waals surface area (Å²) in [6.45, 7) is 0. The highest BCUT2D eigenvalue weighted by Crippen LogP contribution is 2.22. The van der Waals surface area contributed by atoms with E-state index in [0.717, 1.165) is 18.5 Å². The molecular formula is C12H14N2O2. The van der Waals surface area contributed by atoms with Gasteiger partial charge >= 0.3 is 0 Å². The lowest BCUT2D eigenvalue weighted by Gasteiger charge is -2.11. The summed E-state index contributed by atoms with van der Waals surface area (Å²) in [6.07, 6.45) is 5.85. The molecule has 16 heavy (non-hydrogen) atoms. The largest absolute Gasteiger partial charge is 0.269 e. The van der Waals surface area contributed by atoms with Gasteiger partial charge in [0.1, 0.15) is 0 Å². The Morgan fingerprint density at radius 2 is 1.69 bits per heavy atom. The van der Waals surface area contributed by atoms with Crippen molar-refractivity contribution in [3.05, 3.63) is 34.4 Å². The van der Waals surface area contributed by atoms with Gasteiger partial charge in [-0.2, -0.15) is 0 Å². The second-order valence-electron chi connectivity index (χ2n) is 4.01. The van der Waals surface area contributed by atoms with Crippen molar-refractivity contribution in [1.82, 2.24) is 0 Å². The molecule has 84 valence electrons. The summed E-state index contributed by atoms with van der Waals surface area (Å²) in [4.78, 5) is 14.6. The van der Waals surface area contributed by atoms with Gasteiger partial charge in [-0.15, -0.1) is 0 Å². The Balaban J connectivity index is 2.12. The van der Waals surface area contributed by atoms with Gasteiger partial charge in [-0.25, -0.2) is 0 Å². The van der Waals surface area contributed by atoms with Gasteiger partial charge in [0.25, 0.3) is 5.69 Å². The smallest absolute Gasteiger partial charge is 0.258 e. The second kappa shape index (κ2) is 4.88. The first-order valence-electron chi connectivity index (χ1n) is 5.56. The number of rotatable bonds is 2. The van der Waals surface area contributed by atoms with Crippen molar-refractivity contribution >= 4 is 17.1 Å². The predicted molar refractivity (Wildman–Crippen MR) is 63.3 cm³/mol. The third kappa shape index (κ3) is 2.66. The van der Waals surface area contributed by atoms with Crippen molar-refractivity contribution in [1.29, 1.82) is 0 Å². The topological polar surface area (TPSA) is 55.5 Å². The zero-order chi connectivity index (χ0) is 11.4. The van der Waals surface area contributed by atoms with E-state index in [0.29, 0.717) is 0 Å². The van der Waals surface area contributed by atoms with E-state index in [9.17, 15) is 10.1 Å². The van der Waals surface area contributed by atoms with E-state index in [1.807, 2.05) is 0 Å². The van der Waals surface area contributed by atoms with Crippen LogP contribution in [0.5, 0.6) is 0 Å². The SMILES string of the molecule is O=[N+]([O-])c1ccc(N=C2CCCCC2)cc1. The van der Waals surface area contributed by atoms with Crippen LogP contribution in [0.2, 0.25) is 0 Å². The van der Waals surface area contributed by atoms with E-state index in [-0.39, 0.29) is 5.69 Å². The third-order valence-electron chi connectivity index (χ3n) is 2.78. The highest BCUT2D eigenvalue weighted by atomic mass is 16.6. The number of hydrogen-bond acceptors (Lipinski definition) is 3. The van der Waals surface area contributed by atoms with Crippen molar-refractivity contribution in [3.8, 4) is 0 Å². The minimum absolute atomic E-state index is 0.118. The Hall–Kier alpha value is -1.71. The molecule has 0 amide bonds. The maximum atomic E-state index is 10.5. The lowest BCUT2D eigenvalue weighted by molar-refractivity contribution is -0.384. The molecular weight excluding hydrogens is 204 g/mol. The molecule has 2 rings (SSSR count). The van der Waals surface area contributed by atoms with Gasteiger partial charge in [0.05, 0.1) is 10.6 Å². The normalized spacial score (nSPS) is 15.9. The lowest BCUT2D eigenvalue weighted by Crippen LogP contribution is -2.03. The van der Waals surface area contributed by atoms with E-state index >= 15 is 0 Å². The van der Waals surface area contributed by atoms with E-state index in [4.69, 9.17) is 0 Å². The molecule has 0 unspecified atom stereocenters. The fourth-order valence-corrected chi connectivity index (χ4v) is 1.90. The summed E-state index contributed by atoms with van der Waals surface area (Å²) < 4.78 is 0. The molecule has 0 saturated heterocycles. The maximum Gasteiger partial charge on any atom is 0.269 e. The van der Waals surface area contributed by atoms with Gasteiger partial charge in [-0.05, 0) is 37.8 Å². The summed E-state index contributed by atoms with van der Waals surface area (Å²) in [6, 6.07) is 6.42. The van der Waals surface area contributed by atoms with Gasteiger partial charge in [-0.3, -0.25) is 15.1 Å². The molecule has 0 N–H and O–H groups in total. The fraction of sp³-hybridized carbons (Fsp3) is 0.417. The highest BCUT2D eigenvalue weighted by Gasteiger charge is 2.07. The van der Waals surface area contributed by atoms with Crippen molar-refractivity contribution in [3.63, 3.8) is 0 Å². The zero-order valence-corrected chi connectivity index (χ0v) is 9.06. The quantitative estimate of drug-likeness (QED) is 0.562. The number of benzene rings is 1. The Labute approximate surface area is 94.2 Å². The van der Waals surface area contributed by atoms with E-state index in [2.05, 4.69) is 4.99 Å². The third-order valence-corrected chi connectivity index (χ3v) is 2.78. The van der Waals surface area contributed by atoms with Crippen LogP contribution < -0.4 is 0 Å². The molecule has 4 heteroatoms. The average molecular weight is 218 g/mol. The maximum absolute atomic E-state index is 10.5. The summed E-state index contributed by atoms with van der Waals surface area (Å²) in [5.41, 5.74) is 2.16. The number of hydrogen-bond donors (Lipinski definition) is 0.